The molecule has 0 aliphatic carbocycles. The number of carbonyl (C=O) groups is 1. The van der Waals surface area contributed by atoms with Crippen LogP contribution in [0.15, 0.2) is 29.2 Å². The molecule has 0 N–H and O–H groups in total. The maximum atomic E-state index is 13.0. The van der Waals surface area contributed by atoms with Crippen LogP contribution in [-0.4, -0.2) is 41.4 Å². The number of sulfonamides is 1. The van der Waals surface area contributed by atoms with Gasteiger partial charge in [0.2, 0.25) is 10.0 Å². The van der Waals surface area contributed by atoms with Crippen LogP contribution in [0.3, 0.4) is 0 Å². The van der Waals surface area contributed by atoms with Crippen LogP contribution in [0, 0.1) is 11.7 Å². The summed E-state index contributed by atoms with van der Waals surface area (Å²) in [5, 5.41) is 3.76. The number of piperidine rings is 1. The van der Waals surface area contributed by atoms with Gasteiger partial charge in [0.25, 0.3) is 0 Å². The summed E-state index contributed by atoms with van der Waals surface area (Å²) in [6.07, 6.45) is 0.699. The second-order valence-electron chi connectivity index (χ2n) is 5.73. The maximum Gasteiger partial charge on any atom is 0.309 e. The Hall–Kier alpha value is -1.62. The molecular weight excluding hydrogens is 405 g/mol. The molecule has 0 spiro atoms. The van der Waals surface area contributed by atoms with E-state index in [-0.39, 0.29) is 30.5 Å². The molecule has 1 saturated heterocycles. The highest BCUT2D eigenvalue weighted by atomic mass is 35.5. The first-order valence-electron chi connectivity index (χ1n) is 7.77. The van der Waals surface area contributed by atoms with E-state index in [0.717, 1.165) is 23.7 Å². The fraction of sp³-hybridized carbons (Fsp3) is 0.400. The van der Waals surface area contributed by atoms with Crippen LogP contribution < -0.4 is 0 Å². The number of halogens is 2. The Labute approximate surface area is 158 Å². The standard InChI is InChI=1S/C15H15ClFN3O4S2/c16-14-13(18-19-25-14)9-24-15(21)10-5-7-20(8-6-10)26(22,23)12-3-1-11(17)2-4-12/h1-4,10H,5-9H2. The molecular formula is C15H15ClFN3O4S2. The summed E-state index contributed by atoms with van der Waals surface area (Å²) in [5.74, 6) is -1.30. The van der Waals surface area contributed by atoms with E-state index >= 15 is 0 Å². The second kappa shape index (κ2) is 7.95. The van der Waals surface area contributed by atoms with Gasteiger partial charge in [-0.1, -0.05) is 16.1 Å². The number of hydrogen-bond donors (Lipinski definition) is 0. The smallest absolute Gasteiger partial charge is 0.309 e. The highest BCUT2D eigenvalue weighted by molar-refractivity contribution is 7.89. The van der Waals surface area contributed by atoms with Crippen LogP contribution in [0.4, 0.5) is 4.39 Å². The van der Waals surface area contributed by atoms with Crippen molar-refractivity contribution in [2.24, 2.45) is 5.92 Å². The third kappa shape index (κ3) is 4.20. The zero-order valence-electron chi connectivity index (χ0n) is 13.5. The minimum Gasteiger partial charge on any atom is -0.459 e. The van der Waals surface area contributed by atoms with Crippen molar-refractivity contribution in [3.05, 3.63) is 40.1 Å². The summed E-state index contributed by atoms with van der Waals surface area (Å²) < 4.78 is 48.6. The third-order valence-electron chi connectivity index (χ3n) is 4.10. The van der Waals surface area contributed by atoms with E-state index in [9.17, 15) is 17.6 Å². The van der Waals surface area contributed by atoms with E-state index in [2.05, 4.69) is 9.59 Å². The Morgan fingerprint density at radius 2 is 1.96 bits per heavy atom. The van der Waals surface area contributed by atoms with Gasteiger partial charge in [-0.2, -0.15) is 4.31 Å². The van der Waals surface area contributed by atoms with Gasteiger partial charge in [-0.3, -0.25) is 4.79 Å². The van der Waals surface area contributed by atoms with Gasteiger partial charge in [-0.25, -0.2) is 12.8 Å². The van der Waals surface area contributed by atoms with E-state index in [1.165, 1.54) is 16.4 Å². The highest BCUT2D eigenvalue weighted by Gasteiger charge is 2.33. The number of esters is 1. The molecule has 1 aliphatic rings. The summed E-state index contributed by atoms with van der Waals surface area (Å²) in [6, 6.07) is 4.68. The zero-order valence-corrected chi connectivity index (χ0v) is 15.9. The van der Waals surface area contributed by atoms with Crippen molar-refractivity contribution in [1.82, 2.24) is 13.9 Å². The van der Waals surface area contributed by atoms with Crippen LogP contribution in [0.5, 0.6) is 0 Å². The Morgan fingerprint density at radius 3 is 2.54 bits per heavy atom. The number of aromatic nitrogens is 2. The molecule has 1 fully saturated rings. The van der Waals surface area contributed by atoms with Gasteiger partial charge < -0.3 is 4.74 Å². The molecule has 0 amide bonds. The fourth-order valence-corrected chi connectivity index (χ4v) is 4.70. The van der Waals surface area contributed by atoms with Crippen molar-refractivity contribution < 1.29 is 22.3 Å². The number of benzene rings is 1. The second-order valence-corrected chi connectivity index (χ2v) is 9.03. The third-order valence-corrected chi connectivity index (χ3v) is 7.00. The van der Waals surface area contributed by atoms with Crippen LogP contribution in [0.1, 0.15) is 18.5 Å². The molecule has 2 heterocycles. The SMILES string of the molecule is O=C(OCc1nnsc1Cl)C1CCN(S(=O)(=O)c2ccc(F)cc2)CC1. The van der Waals surface area contributed by atoms with Gasteiger partial charge in [0.1, 0.15) is 22.5 Å². The van der Waals surface area contributed by atoms with Crippen LogP contribution in [-0.2, 0) is 26.2 Å². The monoisotopic (exact) mass is 419 g/mol. The number of carbonyl (C=O) groups excluding carboxylic acids is 1. The predicted octanol–water partition coefficient (Wildman–Crippen LogP) is 2.47. The van der Waals surface area contributed by atoms with Crippen LogP contribution >= 0.6 is 23.1 Å². The summed E-state index contributed by atoms with van der Waals surface area (Å²) in [7, 11) is -3.70. The Balaban J connectivity index is 1.55. The largest absolute Gasteiger partial charge is 0.459 e. The topological polar surface area (TPSA) is 89.5 Å². The molecule has 0 bridgehead atoms. The van der Waals surface area contributed by atoms with E-state index in [0.29, 0.717) is 22.9 Å². The van der Waals surface area contributed by atoms with Crippen molar-refractivity contribution >= 4 is 39.1 Å². The Morgan fingerprint density at radius 1 is 1.31 bits per heavy atom. The quantitative estimate of drug-likeness (QED) is 0.691. The predicted molar refractivity (Wildman–Crippen MR) is 92.6 cm³/mol. The van der Waals surface area contributed by atoms with Crippen LogP contribution in [0.2, 0.25) is 4.34 Å². The normalized spacial score (nSPS) is 16.5. The van der Waals surface area contributed by atoms with Gasteiger partial charge in [0, 0.05) is 24.6 Å². The highest BCUT2D eigenvalue weighted by Crippen LogP contribution is 2.25. The molecule has 1 aromatic heterocycles. The van der Waals surface area contributed by atoms with Crippen molar-refractivity contribution in [1.29, 1.82) is 0 Å². The molecule has 2 aromatic rings. The van der Waals surface area contributed by atoms with E-state index < -0.39 is 21.8 Å². The number of ether oxygens (including phenoxy) is 1. The van der Waals surface area contributed by atoms with E-state index in [4.69, 9.17) is 16.3 Å². The first-order valence-corrected chi connectivity index (χ1v) is 10.4. The molecule has 0 unspecified atom stereocenters. The van der Waals surface area contributed by atoms with Gasteiger partial charge in [0.15, 0.2) is 0 Å². The molecule has 140 valence electrons. The molecule has 0 saturated carbocycles. The van der Waals surface area contributed by atoms with E-state index in [1.807, 2.05) is 0 Å². The number of rotatable bonds is 5. The molecule has 0 radical (unpaired) electrons. The minimum atomic E-state index is -3.70. The zero-order chi connectivity index (χ0) is 18.7. The first kappa shape index (κ1) is 19.2. The lowest BCUT2D eigenvalue weighted by Crippen LogP contribution is -2.40. The molecule has 3 rings (SSSR count). The molecule has 11 heteroatoms. The summed E-state index contributed by atoms with van der Waals surface area (Å²) in [4.78, 5) is 12.2. The van der Waals surface area contributed by atoms with Crippen molar-refractivity contribution in [2.45, 2.75) is 24.3 Å². The van der Waals surface area contributed by atoms with Crippen molar-refractivity contribution in [3.63, 3.8) is 0 Å². The van der Waals surface area contributed by atoms with Crippen molar-refractivity contribution in [2.75, 3.05) is 13.1 Å². The average molecular weight is 420 g/mol. The minimum absolute atomic E-state index is 0.0330. The first-order chi connectivity index (χ1) is 12.4. The number of nitrogens with zero attached hydrogens (tertiary/aromatic N) is 3. The van der Waals surface area contributed by atoms with Gasteiger partial charge in [0.05, 0.1) is 10.8 Å². The number of hydrogen-bond acceptors (Lipinski definition) is 7. The van der Waals surface area contributed by atoms with E-state index in [1.54, 1.807) is 0 Å². The van der Waals surface area contributed by atoms with Crippen LogP contribution in [0.25, 0.3) is 0 Å². The lowest BCUT2D eigenvalue weighted by Gasteiger charge is -2.30. The van der Waals surface area contributed by atoms with Gasteiger partial charge in [-0.05, 0) is 37.1 Å². The van der Waals surface area contributed by atoms with Gasteiger partial charge >= 0.3 is 5.97 Å². The maximum absolute atomic E-state index is 13.0. The fourth-order valence-electron chi connectivity index (χ4n) is 2.63. The average Bonchev–Trinajstić information content (AvgIpc) is 3.05. The Kier molecular flexibility index (Phi) is 5.86. The molecule has 26 heavy (non-hydrogen) atoms. The van der Waals surface area contributed by atoms with Gasteiger partial charge in [-0.15, -0.1) is 5.10 Å². The molecule has 1 aliphatic heterocycles. The molecule has 0 atom stereocenters. The summed E-state index contributed by atoms with van der Waals surface area (Å²) in [6.45, 7) is 0.333. The lowest BCUT2D eigenvalue weighted by atomic mass is 9.98. The molecule has 1 aromatic carbocycles. The summed E-state index contributed by atoms with van der Waals surface area (Å²) >= 11 is 6.86. The Bertz CT molecular complexity index is 881. The summed E-state index contributed by atoms with van der Waals surface area (Å²) in [5.41, 5.74) is 0.404. The lowest BCUT2D eigenvalue weighted by molar-refractivity contribution is -0.151. The molecule has 7 nitrogen and oxygen atoms in total. The van der Waals surface area contributed by atoms with Crippen molar-refractivity contribution in [3.8, 4) is 0 Å².